The van der Waals surface area contributed by atoms with Crippen molar-refractivity contribution >= 4 is 11.6 Å². The highest BCUT2D eigenvalue weighted by molar-refractivity contribution is 6.25. The van der Waals surface area contributed by atoms with Crippen molar-refractivity contribution in [2.24, 2.45) is 0 Å². The Morgan fingerprint density at radius 1 is 1.17 bits per heavy atom. The molecule has 1 nitrogen and oxygen atoms in total. The zero-order valence-electron chi connectivity index (χ0n) is 6.70. The summed E-state index contributed by atoms with van der Waals surface area (Å²) in [5.74, 6) is 0. The number of aliphatic hydroxyl groups excluding tert-OH is 1. The van der Waals surface area contributed by atoms with Crippen LogP contribution in [0, 0.1) is 0 Å². The number of allylic oxidation sites excluding steroid dienone is 1. The van der Waals surface area contributed by atoms with Crippen molar-refractivity contribution in [1.29, 1.82) is 0 Å². The SMILES string of the molecule is OCc1ccc(C/C=C\Cl)cc1. The van der Waals surface area contributed by atoms with Crippen molar-refractivity contribution in [1.82, 2.24) is 0 Å². The number of rotatable bonds is 3. The van der Waals surface area contributed by atoms with E-state index in [1.807, 2.05) is 30.3 Å². The van der Waals surface area contributed by atoms with Crippen molar-refractivity contribution in [3.63, 3.8) is 0 Å². The lowest BCUT2D eigenvalue weighted by Crippen LogP contribution is -1.84. The van der Waals surface area contributed by atoms with Gasteiger partial charge >= 0.3 is 0 Å². The minimum atomic E-state index is 0.103. The summed E-state index contributed by atoms with van der Waals surface area (Å²) in [5.41, 5.74) is 3.65. The largest absolute Gasteiger partial charge is 0.392 e. The summed E-state index contributed by atoms with van der Waals surface area (Å²) >= 11 is 5.39. The van der Waals surface area contributed by atoms with Crippen LogP contribution in [0.15, 0.2) is 35.9 Å². The third-order valence-electron chi connectivity index (χ3n) is 1.65. The first-order valence-electron chi connectivity index (χ1n) is 3.80. The smallest absolute Gasteiger partial charge is 0.0681 e. The number of aliphatic hydroxyl groups is 1. The lowest BCUT2D eigenvalue weighted by molar-refractivity contribution is 0.282. The Hall–Kier alpha value is -0.790. The molecule has 0 aromatic heterocycles. The molecule has 12 heavy (non-hydrogen) atoms. The van der Waals surface area contributed by atoms with E-state index in [0.717, 1.165) is 12.0 Å². The van der Waals surface area contributed by atoms with Gasteiger partial charge in [0.25, 0.3) is 0 Å². The van der Waals surface area contributed by atoms with Gasteiger partial charge in [0.1, 0.15) is 0 Å². The average Bonchev–Trinajstić information content (AvgIpc) is 2.15. The molecule has 0 fully saturated rings. The predicted molar refractivity (Wildman–Crippen MR) is 51.1 cm³/mol. The van der Waals surface area contributed by atoms with Gasteiger partial charge < -0.3 is 5.11 Å². The predicted octanol–water partition coefficient (Wildman–Crippen LogP) is 2.47. The van der Waals surface area contributed by atoms with Crippen LogP contribution in [0.1, 0.15) is 11.1 Å². The quantitative estimate of drug-likeness (QED) is 0.762. The zero-order chi connectivity index (χ0) is 8.81. The molecule has 0 atom stereocenters. The highest BCUT2D eigenvalue weighted by atomic mass is 35.5. The van der Waals surface area contributed by atoms with Gasteiger partial charge in [-0.15, -0.1) is 0 Å². The summed E-state index contributed by atoms with van der Waals surface area (Å²) in [6.07, 6.45) is 2.73. The molecule has 0 amide bonds. The molecule has 2 heteroatoms. The van der Waals surface area contributed by atoms with Crippen LogP contribution in [0.5, 0.6) is 0 Å². The van der Waals surface area contributed by atoms with E-state index in [0.29, 0.717) is 0 Å². The molecule has 1 rings (SSSR count). The number of hydrogen-bond acceptors (Lipinski definition) is 1. The summed E-state index contributed by atoms with van der Waals surface area (Å²) < 4.78 is 0. The minimum Gasteiger partial charge on any atom is -0.392 e. The molecule has 1 N–H and O–H groups in total. The van der Waals surface area contributed by atoms with Crippen LogP contribution in [-0.2, 0) is 13.0 Å². The molecule has 0 saturated heterocycles. The fourth-order valence-corrected chi connectivity index (χ4v) is 1.05. The van der Waals surface area contributed by atoms with Gasteiger partial charge in [-0.2, -0.15) is 0 Å². The van der Waals surface area contributed by atoms with Crippen LogP contribution < -0.4 is 0 Å². The van der Waals surface area contributed by atoms with Gasteiger partial charge in [0.05, 0.1) is 6.61 Å². The van der Waals surface area contributed by atoms with Crippen molar-refractivity contribution in [3.8, 4) is 0 Å². The topological polar surface area (TPSA) is 20.2 Å². The summed E-state index contributed by atoms with van der Waals surface area (Å²) in [4.78, 5) is 0. The molecule has 0 bridgehead atoms. The van der Waals surface area contributed by atoms with Crippen LogP contribution in [0.3, 0.4) is 0 Å². The van der Waals surface area contributed by atoms with E-state index in [2.05, 4.69) is 0 Å². The van der Waals surface area contributed by atoms with Gasteiger partial charge in [0, 0.05) is 5.54 Å². The van der Waals surface area contributed by atoms with E-state index in [1.165, 1.54) is 11.1 Å². The van der Waals surface area contributed by atoms with Crippen LogP contribution in [0.2, 0.25) is 0 Å². The highest BCUT2D eigenvalue weighted by Crippen LogP contribution is 2.05. The summed E-state index contributed by atoms with van der Waals surface area (Å²) in [6.45, 7) is 0.103. The third kappa shape index (κ3) is 2.68. The van der Waals surface area contributed by atoms with Crippen molar-refractivity contribution in [3.05, 3.63) is 47.0 Å². The number of benzene rings is 1. The number of hydrogen-bond donors (Lipinski definition) is 1. The van der Waals surface area contributed by atoms with E-state index in [4.69, 9.17) is 16.7 Å². The maximum absolute atomic E-state index is 8.77. The molecule has 0 aliphatic rings. The van der Waals surface area contributed by atoms with Crippen molar-refractivity contribution < 1.29 is 5.11 Å². The molecule has 1 aromatic carbocycles. The molecular weight excluding hydrogens is 172 g/mol. The molecule has 0 spiro atoms. The van der Waals surface area contributed by atoms with Gasteiger partial charge in [-0.05, 0) is 17.5 Å². The maximum atomic E-state index is 8.77. The normalized spacial score (nSPS) is 10.8. The van der Waals surface area contributed by atoms with Gasteiger partial charge in [-0.1, -0.05) is 41.9 Å². The first-order valence-corrected chi connectivity index (χ1v) is 4.24. The Labute approximate surface area is 77.3 Å². The second kappa shape index (κ2) is 4.96. The van der Waals surface area contributed by atoms with E-state index < -0.39 is 0 Å². The molecule has 0 aliphatic carbocycles. The Balaban J connectivity index is 2.64. The molecule has 64 valence electrons. The summed E-state index contributed by atoms with van der Waals surface area (Å²) in [6, 6.07) is 7.81. The van der Waals surface area contributed by atoms with Crippen LogP contribution >= 0.6 is 11.6 Å². The standard InChI is InChI=1S/C10H11ClO/c11-7-1-2-9-3-5-10(8-12)6-4-9/h1,3-7,12H,2,8H2/b7-1-. The maximum Gasteiger partial charge on any atom is 0.0681 e. The van der Waals surface area contributed by atoms with Crippen molar-refractivity contribution in [2.75, 3.05) is 0 Å². The second-order valence-corrected chi connectivity index (χ2v) is 2.79. The third-order valence-corrected chi connectivity index (χ3v) is 1.83. The first kappa shape index (κ1) is 9.30. The Kier molecular flexibility index (Phi) is 3.85. The second-order valence-electron chi connectivity index (χ2n) is 2.54. The fourth-order valence-electron chi connectivity index (χ4n) is 0.961. The van der Waals surface area contributed by atoms with Gasteiger partial charge in [-0.3, -0.25) is 0 Å². The Morgan fingerprint density at radius 2 is 1.75 bits per heavy atom. The lowest BCUT2D eigenvalue weighted by atomic mass is 10.1. The average molecular weight is 183 g/mol. The molecule has 0 aliphatic heterocycles. The number of halogens is 1. The minimum absolute atomic E-state index is 0.103. The van der Waals surface area contributed by atoms with Crippen LogP contribution in [0.25, 0.3) is 0 Å². The molecule has 0 saturated carbocycles. The van der Waals surface area contributed by atoms with E-state index in [1.54, 1.807) is 0 Å². The summed E-state index contributed by atoms with van der Waals surface area (Å²) in [5, 5.41) is 8.77. The van der Waals surface area contributed by atoms with E-state index in [9.17, 15) is 0 Å². The monoisotopic (exact) mass is 182 g/mol. The molecule has 0 unspecified atom stereocenters. The van der Waals surface area contributed by atoms with E-state index >= 15 is 0 Å². The van der Waals surface area contributed by atoms with Crippen LogP contribution in [-0.4, -0.2) is 5.11 Å². The van der Waals surface area contributed by atoms with Crippen molar-refractivity contribution in [2.45, 2.75) is 13.0 Å². The molecule has 1 aromatic rings. The first-order chi connectivity index (χ1) is 5.86. The van der Waals surface area contributed by atoms with Gasteiger partial charge in [0.2, 0.25) is 0 Å². The van der Waals surface area contributed by atoms with E-state index in [-0.39, 0.29) is 6.61 Å². The molecule has 0 heterocycles. The van der Waals surface area contributed by atoms with Gasteiger partial charge in [-0.25, -0.2) is 0 Å². The molecular formula is C10H11ClO. The van der Waals surface area contributed by atoms with Crippen LogP contribution in [0.4, 0.5) is 0 Å². The fraction of sp³-hybridized carbons (Fsp3) is 0.200. The lowest BCUT2D eigenvalue weighted by Gasteiger charge is -1.97. The summed E-state index contributed by atoms with van der Waals surface area (Å²) in [7, 11) is 0. The van der Waals surface area contributed by atoms with Gasteiger partial charge in [0.15, 0.2) is 0 Å². The zero-order valence-corrected chi connectivity index (χ0v) is 7.46. The highest BCUT2D eigenvalue weighted by Gasteiger charge is 1.90. The Bertz CT molecular complexity index is 251. The molecule has 0 radical (unpaired) electrons. The Morgan fingerprint density at radius 3 is 2.25 bits per heavy atom.